The molecule has 0 saturated heterocycles. The lowest BCUT2D eigenvalue weighted by molar-refractivity contribution is 0.363. The summed E-state index contributed by atoms with van der Waals surface area (Å²) >= 11 is 0. The molecule has 0 aliphatic heterocycles. The van der Waals surface area contributed by atoms with Crippen LogP contribution in [0.25, 0.3) is 0 Å². The van der Waals surface area contributed by atoms with Crippen molar-refractivity contribution in [3.63, 3.8) is 0 Å². The lowest BCUT2D eigenvalue weighted by Crippen LogP contribution is -2.40. The molecule has 3 nitrogen and oxygen atoms in total. The van der Waals surface area contributed by atoms with E-state index in [9.17, 15) is 0 Å². The van der Waals surface area contributed by atoms with E-state index >= 15 is 0 Å². The van der Waals surface area contributed by atoms with Gasteiger partial charge in [-0.15, -0.1) is 0 Å². The third-order valence-electron chi connectivity index (χ3n) is 2.24. The van der Waals surface area contributed by atoms with Crippen molar-refractivity contribution in [2.75, 3.05) is 6.54 Å². The van der Waals surface area contributed by atoms with Crippen LogP contribution in [0.5, 0.6) is 0 Å². The van der Waals surface area contributed by atoms with Gasteiger partial charge in [0.2, 0.25) is 0 Å². The number of pyridine rings is 1. The highest BCUT2D eigenvalue weighted by atomic mass is 15.0. The van der Waals surface area contributed by atoms with Crippen molar-refractivity contribution < 1.29 is 0 Å². The second-order valence-corrected chi connectivity index (χ2v) is 4.10. The molecule has 1 rings (SSSR count). The van der Waals surface area contributed by atoms with E-state index < -0.39 is 0 Å². The van der Waals surface area contributed by atoms with E-state index in [4.69, 9.17) is 5.73 Å². The van der Waals surface area contributed by atoms with Gasteiger partial charge in [0, 0.05) is 18.3 Å². The van der Waals surface area contributed by atoms with E-state index in [0.717, 1.165) is 18.7 Å². The molecule has 3 heteroatoms. The molecule has 0 amide bonds. The molecule has 0 aliphatic rings. The fourth-order valence-electron chi connectivity index (χ4n) is 1.28. The predicted octanol–water partition coefficient (Wildman–Crippen LogP) is 1.30. The highest BCUT2D eigenvalue weighted by Gasteiger charge is 2.15. The maximum atomic E-state index is 5.53. The molecule has 0 spiro atoms. The van der Waals surface area contributed by atoms with Crippen LogP contribution in [0.1, 0.15) is 26.0 Å². The predicted molar refractivity (Wildman–Crippen MR) is 58.8 cm³/mol. The first kappa shape index (κ1) is 11.1. The minimum atomic E-state index is 0.0896. The standard InChI is InChI=1S/C11H19N3/c1-11(2,6-7-12)14-9-10-5-3-4-8-13-10/h3-5,8,14H,6-7,9,12H2,1-2H3. The lowest BCUT2D eigenvalue weighted by atomic mass is 10.0. The highest BCUT2D eigenvalue weighted by molar-refractivity contribution is 5.03. The molecule has 0 atom stereocenters. The minimum absolute atomic E-state index is 0.0896. The van der Waals surface area contributed by atoms with Crippen LogP contribution < -0.4 is 11.1 Å². The van der Waals surface area contributed by atoms with Crippen LogP contribution in [0, 0.1) is 0 Å². The van der Waals surface area contributed by atoms with Gasteiger partial charge < -0.3 is 11.1 Å². The number of aromatic nitrogens is 1. The third-order valence-corrected chi connectivity index (χ3v) is 2.24. The Morgan fingerprint density at radius 2 is 2.21 bits per heavy atom. The molecule has 0 radical (unpaired) electrons. The van der Waals surface area contributed by atoms with Gasteiger partial charge in [0.25, 0.3) is 0 Å². The quantitative estimate of drug-likeness (QED) is 0.741. The SMILES string of the molecule is CC(C)(CCN)NCc1ccccn1. The van der Waals surface area contributed by atoms with Crippen molar-refractivity contribution in [3.05, 3.63) is 30.1 Å². The molecular weight excluding hydrogens is 174 g/mol. The van der Waals surface area contributed by atoms with Crippen molar-refractivity contribution >= 4 is 0 Å². The van der Waals surface area contributed by atoms with Gasteiger partial charge in [0.15, 0.2) is 0 Å². The zero-order valence-electron chi connectivity index (χ0n) is 8.96. The molecule has 0 saturated carbocycles. The summed E-state index contributed by atoms with van der Waals surface area (Å²) in [5, 5.41) is 3.43. The fourth-order valence-corrected chi connectivity index (χ4v) is 1.28. The number of nitrogens with one attached hydrogen (secondary N) is 1. The minimum Gasteiger partial charge on any atom is -0.330 e. The second kappa shape index (κ2) is 5.08. The first-order chi connectivity index (χ1) is 6.64. The summed E-state index contributed by atoms with van der Waals surface area (Å²) in [5.41, 5.74) is 6.68. The second-order valence-electron chi connectivity index (χ2n) is 4.10. The molecule has 78 valence electrons. The Kier molecular flexibility index (Phi) is 4.04. The van der Waals surface area contributed by atoms with Gasteiger partial charge in [-0.1, -0.05) is 6.07 Å². The van der Waals surface area contributed by atoms with E-state index in [0.29, 0.717) is 6.54 Å². The number of hydrogen-bond donors (Lipinski definition) is 2. The molecule has 0 unspecified atom stereocenters. The number of rotatable bonds is 5. The number of nitrogens with zero attached hydrogens (tertiary/aromatic N) is 1. The van der Waals surface area contributed by atoms with Gasteiger partial charge in [0.1, 0.15) is 0 Å². The zero-order valence-corrected chi connectivity index (χ0v) is 8.96. The zero-order chi connectivity index (χ0) is 10.4. The monoisotopic (exact) mass is 193 g/mol. The summed E-state index contributed by atoms with van der Waals surface area (Å²) in [6, 6.07) is 5.94. The molecule has 14 heavy (non-hydrogen) atoms. The van der Waals surface area contributed by atoms with Crippen molar-refractivity contribution in [2.45, 2.75) is 32.4 Å². The van der Waals surface area contributed by atoms with Crippen molar-refractivity contribution in [2.24, 2.45) is 5.73 Å². The molecule has 3 N–H and O–H groups in total. The summed E-state index contributed by atoms with van der Waals surface area (Å²) in [7, 11) is 0. The lowest BCUT2D eigenvalue weighted by Gasteiger charge is -2.25. The van der Waals surface area contributed by atoms with E-state index in [1.54, 1.807) is 0 Å². The van der Waals surface area contributed by atoms with Crippen LogP contribution in [0.4, 0.5) is 0 Å². The third kappa shape index (κ3) is 3.85. The van der Waals surface area contributed by atoms with Gasteiger partial charge in [-0.2, -0.15) is 0 Å². The van der Waals surface area contributed by atoms with Crippen molar-refractivity contribution in [1.82, 2.24) is 10.3 Å². The maximum absolute atomic E-state index is 5.53. The van der Waals surface area contributed by atoms with Gasteiger partial charge in [0.05, 0.1) is 5.69 Å². The van der Waals surface area contributed by atoms with Crippen LogP contribution in [-0.4, -0.2) is 17.1 Å². The molecule has 1 heterocycles. The first-order valence-electron chi connectivity index (χ1n) is 4.99. The largest absolute Gasteiger partial charge is 0.330 e. The van der Waals surface area contributed by atoms with Gasteiger partial charge in [-0.3, -0.25) is 4.98 Å². The summed E-state index contributed by atoms with van der Waals surface area (Å²) < 4.78 is 0. The number of nitrogens with two attached hydrogens (primary N) is 1. The Hall–Kier alpha value is -0.930. The van der Waals surface area contributed by atoms with Gasteiger partial charge in [-0.05, 0) is 38.9 Å². The average molecular weight is 193 g/mol. The van der Waals surface area contributed by atoms with Crippen LogP contribution in [0.3, 0.4) is 0 Å². The van der Waals surface area contributed by atoms with Gasteiger partial charge >= 0.3 is 0 Å². The number of hydrogen-bond acceptors (Lipinski definition) is 3. The van der Waals surface area contributed by atoms with Gasteiger partial charge in [-0.25, -0.2) is 0 Å². The van der Waals surface area contributed by atoms with Crippen molar-refractivity contribution in [3.8, 4) is 0 Å². The first-order valence-corrected chi connectivity index (χ1v) is 4.99. The van der Waals surface area contributed by atoms with E-state index in [1.807, 2.05) is 24.4 Å². The Labute approximate surface area is 85.7 Å². The molecule has 1 aromatic heterocycles. The van der Waals surface area contributed by atoms with Crippen LogP contribution in [0.15, 0.2) is 24.4 Å². The van der Waals surface area contributed by atoms with Crippen molar-refractivity contribution in [1.29, 1.82) is 0 Å². The van der Waals surface area contributed by atoms with Crippen LogP contribution in [-0.2, 0) is 6.54 Å². The maximum Gasteiger partial charge on any atom is 0.0541 e. The summed E-state index contributed by atoms with van der Waals surface area (Å²) in [6.07, 6.45) is 2.78. The van der Waals surface area contributed by atoms with E-state index in [-0.39, 0.29) is 5.54 Å². The summed E-state index contributed by atoms with van der Waals surface area (Å²) in [5.74, 6) is 0. The highest BCUT2D eigenvalue weighted by Crippen LogP contribution is 2.07. The fraction of sp³-hybridized carbons (Fsp3) is 0.545. The van der Waals surface area contributed by atoms with Crippen LogP contribution >= 0.6 is 0 Å². The normalized spacial score (nSPS) is 11.6. The molecule has 0 aliphatic carbocycles. The molecule has 0 aromatic carbocycles. The topological polar surface area (TPSA) is 50.9 Å². The average Bonchev–Trinajstić information content (AvgIpc) is 2.17. The molecule has 1 aromatic rings. The van der Waals surface area contributed by atoms with Crippen LogP contribution in [0.2, 0.25) is 0 Å². The molecule has 0 fully saturated rings. The Morgan fingerprint density at radius 3 is 2.79 bits per heavy atom. The Morgan fingerprint density at radius 1 is 1.43 bits per heavy atom. The summed E-state index contributed by atoms with van der Waals surface area (Å²) in [6.45, 7) is 5.82. The Bertz CT molecular complexity index is 256. The summed E-state index contributed by atoms with van der Waals surface area (Å²) in [4.78, 5) is 4.25. The molecular formula is C11H19N3. The molecule has 0 bridgehead atoms. The van der Waals surface area contributed by atoms with E-state index in [2.05, 4.69) is 24.1 Å². The Balaban J connectivity index is 2.40. The smallest absolute Gasteiger partial charge is 0.0541 e. The van der Waals surface area contributed by atoms with E-state index in [1.165, 1.54) is 0 Å².